The van der Waals surface area contributed by atoms with Crippen molar-refractivity contribution < 1.29 is 14.6 Å². The van der Waals surface area contributed by atoms with Crippen LogP contribution in [0.25, 0.3) is 0 Å². The first-order valence-electron chi connectivity index (χ1n) is 6.15. The van der Waals surface area contributed by atoms with Crippen molar-refractivity contribution in [2.45, 2.75) is 13.0 Å². The highest BCUT2D eigenvalue weighted by atomic mass is 16.5. The molecule has 1 aromatic heterocycles. The van der Waals surface area contributed by atoms with Gasteiger partial charge >= 0.3 is 0 Å². The van der Waals surface area contributed by atoms with E-state index in [9.17, 15) is 9.90 Å². The van der Waals surface area contributed by atoms with Crippen LogP contribution < -0.4 is 10.2 Å². The zero-order valence-corrected chi connectivity index (χ0v) is 11.6. The molecular weight excluding hydrogens is 246 g/mol. The summed E-state index contributed by atoms with van der Waals surface area (Å²) in [5.74, 6) is 0.559. The molecule has 0 aliphatic rings. The first-order valence-corrected chi connectivity index (χ1v) is 6.15. The number of amides is 1. The van der Waals surface area contributed by atoms with Gasteiger partial charge in [0.25, 0.3) is 0 Å². The predicted molar refractivity (Wildman–Crippen MR) is 73.0 cm³/mol. The van der Waals surface area contributed by atoms with Crippen molar-refractivity contribution in [1.82, 2.24) is 10.3 Å². The molecule has 1 heterocycles. The van der Waals surface area contributed by atoms with Crippen molar-refractivity contribution in [3.8, 4) is 0 Å². The van der Waals surface area contributed by atoms with E-state index in [1.165, 1.54) is 0 Å². The molecule has 1 amide bonds. The number of pyridine rings is 1. The molecule has 6 nitrogen and oxygen atoms in total. The summed E-state index contributed by atoms with van der Waals surface area (Å²) in [5.41, 5.74) is 0.775. The number of carbonyl (C=O) groups is 1. The normalized spacial score (nSPS) is 12.0. The fraction of sp³-hybridized carbons (Fsp3) is 0.538. The van der Waals surface area contributed by atoms with Gasteiger partial charge in [0, 0.05) is 26.9 Å². The number of aliphatic hydroxyl groups excluding tert-OH is 1. The molecule has 0 saturated heterocycles. The smallest absolute Gasteiger partial charge is 0.239 e. The molecule has 2 N–H and O–H groups in total. The van der Waals surface area contributed by atoms with Gasteiger partial charge in [0.2, 0.25) is 5.91 Å². The van der Waals surface area contributed by atoms with Crippen LogP contribution in [0.5, 0.6) is 0 Å². The SMILES string of the molecule is COCCNC(=O)CN(C)c1cc(C(C)O)ccn1. The van der Waals surface area contributed by atoms with Crippen molar-refractivity contribution in [2.24, 2.45) is 0 Å². The van der Waals surface area contributed by atoms with E-state index in [-0.39, 0.29) is 12.5 Å². The van der Waals surface area contributed by atoms with Gasteiger partial charge in [-0.15, -0.1) is 0 Å². The second-order valence-corrected chi connectivity index (χ2v) is 4.32. The predicted octanol–water partition coefficient (Wildman–Crippen LogP) is 0.334. The van der Waals surface area contributed by atoms with E-state index in [1.807, 2.05) is 0 Å². The fourth-order valence-corrected chi connectivity index (χ4v) is 1.55. The molecule has 0 aliphatic heterocycles. The Balaban J connectivity index is 2.55. The molecule has 0 spiro atoms. The lowest BCUT2D eigenvalue weighted by molar-refractivity contribution is -0.119. The van der Waals surface area contributed by atoms with Gasteiger partial charge in [0.05, 0.1) is 19.3 Å². The van der Waals surface area contributed by atoms with E-state index in [0.717, 1.165) is 5.56 Å². The van der Waals surface area contributed by atoms with E-state index in [4.69, 9.17) is 4.74 Å². The maximum absolute atomic E-state index is 11.6. The first kappa shape index (κ1) is 15.4. The van der Waals surface area contributed by atoms with Crippen LogP contribution in [-0.2, 0) is 9.53 Å². The molecule has 1 atom stereocenters. The van der Waals surface area contributed by atoms with E-state index >= 15 is 0 Å². The molecule has 6 heteroatoms. The number of nitrogens with zero attached hydrogens (tertiary/aromatic N) is 2. The molecule has 1 aromatic rings. The first-order chi connectivity index (χ1) is 9.04. The van der Waals surface area contributed by atoms with Crippen LogP contribution in [0.15, 0.2) is 18.3 Å². The van der Waals surface area contributed by atoms with Crippen LogP contribution in [0.2, 0.25) is 0 Å². The molecule has 0 fully saturated rings. The lowest BCUT2D eigenvalue weighted by Crippen LogP contribution is -2.37. The average molecular weight is 267 g/mol. The molecule has 19 heavy (non-hydrogen) atoms. The summed E-state index contributed by atoms with van der Waals surface area (Å²) in [4.78, 5) is 17.5. The van der Waals surface area contributed by atoms with Gasteiger partial charge in [-0.3, -0.25) is 4.79 Å². The number of aliphatic hydroxyl groups is 1. The van der Waals surface area contributed by atoms with Gasteiger partial charge in [-0.2, -0.15) is 0 Å². The number of nitrogens with one attached hydrogen (secondary N) is 1. The molecule has 1 unspecified atom stereocenters. The van der Waals surface area contributed by atoms with Crippen molar-refractivity contribution in [3.63, 3.8) is 0 Å². The third kappa shape index (κ3) is 5.23. The number of anilines is 1. The highest BCUT2D eigenvalue weighted by Gasteiger charge is 2.10. The van der Waals surface area contributed by atoms with Crippen molar-refractivity contribution in [2.75, 3.05) is 38.8 Å². The van der Waals surface area contributed by atoms with Gasteiger partial charge < -0.3 is 20.1 Å². The number of methoxy groups -OCH3 is 1. The number of carbonyl (C=O) groups excluding carboxylic acids is 1. The Morgan fingerprint density at radius 3 is 3.00 bits per heavy atom. The molecule has 0 aromatic carbocycles. The van der Waals surface area contributed by atoms with Gasteiger partial charge in [-0.1, -0.05) is 0 Å². The maximum Gasteiger partial charge on any atom is 0.239 e. The maximum atomic E-state index is 11.6. The van der Waals surface area contributed by atoms with E-state index < -0.39 is 6.10 Å². The monoisotopic (exact) mass is 267 g/mol. The number of ether oxygens (including phenoxy) is 1. The Kier molecular flexibility index (Phi) is 6.24. The zero-order valence-electron chi connectivity index (χ0n) is 11.6. The summed E-state index contributed by atoms with van der Waals surface area (Å²) in [6, 6.07) is 3.52. The summed E-state index contributed by atoms with van der Waals surface area (Å²) in [5, 5.41) is 12.3. The van der Waals surface area contributed by atoms with Crippen LogP contribution in [-0.4, -0.2) is 49.9 Å². The Hall–Kier alpha value is -1.66. The van der Waals surface area contributed by atoms with Gasteiger partial charge in [0.15, 0.2) is 0 Å². The van der Waals surface area contributed by atoms with Gasteiger partial charge in [-0.05, 0) is 24.6 Å². The molecular formula is C13H21N3O3. The quantitative estimate of drug-likeness (QED) is 0.697. The number of aromatic nitrogens is 1. The van der Waals surface area contributed by atoms with Crippen LogP contribution in [0.4, 0.5) is 5.82 Å². The molecule has 1 rings (SSSR count). The van der Waals surface area contributed by atoms with E-state index in [0.29, 0.717) is 19.0 Å². The standard InChI is InChI=1S/C13H21N3O3/c1-10(17)11-4-5-14-12(8-11)16(2)9-13(18)15-6-7-19-3/h4-5,8,10,17H,6-7,9H2,1-3H3,(H,15,18). The van der Waals surface area contributed by atoms with Crippen molar-refractivity contribution in [3.05, 3.63) is 23.9 Å². The van der Waals surface area contributed by atoms with Crippen molar-refractivity contribution >= 4 is 11.7 Å². The Morgan fingerprint density at radius 2 is 2.37 bits per heavy atom. The Morgan fingerprint density at radius 1 is 1.63 bits per heavy atom. The molecule has 0 aliphatic carbocycles. The van der Waals surface area contributed by atoms with Crippen LogP contribution in [0.3, 0.4) is 0 Å². The summed E-state index contributed by atoms with van der Waals surface area (Å²) in [6.07, 6.45) is 1.07. The second kappa shape index (κ2) is 7.70. The molecule has 106 valence electrons. The van der Waals surface area contributed by atoms with Crippen LogP contribution in [0.1, 0.15) is 18.6 Å². The number of hydrogen-bond acceptors (Lipinski definition) is 5. The Bertz CT molecular complexity index is 410. The number of hydrogen-bond donors (Lipinski definition) is 2. The van der Waals surface area contributed by atoms with Gasteiger partial charge in [0.1, 0.15) is 5.82 Å². The number of likely N-dealkylation sites (N-methyl/N-ethyl adjacent to an activating group) is 1. The van der Waals surface area contributed by atoms with E-state index in [1.54, 1.807) is 44.3 Å². The van der Waals surface area contributed by atoms with Crippen LogP contribution in [0, 0.1) is 0 Å². The number of rotatable bonds is 7. The molecule has 0 bridgehead atoms. The largest absolute Gasteiger partial charge is 0.389 e. The topological polar surface area (TPSA) is 74.7 Å². The summed E-state index contributed by atoms with van der Waals surface area (Å²) >= 11 is 0. The van der Waals surface area contributed by atoms with Crippen molar-refractivity contribution in [1.29, 1.82) is 0 Å². The third-order valence-electron chi connectivity index (χ3n) is 2.65. The zero-order chi connectivity index (χ0) is 14.3. The lowest BCUT2D eigenvalue weighted by atomic mass is 10.2. The minimum atomic E-state index is -0.550. The second-order valence-electron chi connectivity index (χ2n) is 4.32. The highest BCUT2D eigenvalue weighted by molar-refractivity contribution is 5.80. The van der Waals surface area contributed by atoms with E-state index in [2.05, 4.69) is 10.3 Å². The van der Waals surface area contributed by atoms with Crippen LogP contribution >= 0.6 is 0 Å². The minimum Gasteiger partial charge on any atom is -0.389 e. The summed E-state index contributed by atoms with van der Waals surface area (Å²) in [7, 11) is 3.37. The fourth-order valence-electron chi connectivity index (χ4n) is 1.55. The third-order valence-corrected chi connectivity index (χ3v) is 2.65. The lowest BCUT2D eigenvalue weighted by Gasteiger charge is -2.18. The molecule has 0 saturated carbocycles. The minimum absolute atomic E-state index is 0.0937. The average Bonchev–Trinajstić information content (AvgIpc) is 2.39. The highest BCUT2D eigenvalue weighted by Crippen LogP contribution is 2.16. The molecule has 0 radical (unpaired) electrons. The Labute approximate surface area is 113 Å². The summed E-state index contributed by atoms with van der Waals surface area (Å²) < 4.78 is 4.86. The van der Waals surface area contributed by atoms with Gasteiger partial charge in [-0.25, -0.2) is 4.98 Å². The summed E-state index contributed by atoms with van der Waals surface area (Å²) in [6.45, 7) is 2.88.